The van der Waals surface area contributed by atoms with Crippen LogP contribution in [0.1, 0.15) is 23.7 Å². The van der Waals surface area contributed by atoms with Crippen LogP contribution in [-0.2, 0) is 0 Å². The fourth-order valence-corrected chi connectivity index (χ4v) is 2.25. The van der Waals surface area contributed by atoms with Crippen LogP contribution in [0.4, 0.5) is 0 Å². The summed E-state index contributed by atoms with van der Waals surface area (Å²) in [4.78, 5) is 12.1. The number of hydrogen-bond donors (Lipinski definition) is 0. The van der Waals surface area contributed by atoms with Crippen LogP contribution >= 0.6 is 0 Å². The van der Waals surface area contributed by atoms with Crippen molar-refractivity contribution in [1.29, 1.82) is 0 Å². The molecular formula is C17H18O3. The first-order valence-electron chi connectivity index (χ1n) is 6.56. The Hall–Kier alpha value is -2.29. The van der Waals surface area contributed by atoms with E-state index in [1.165, 1.54) is 0 Å². The van der Waals surface area contributed by atoms with Gasteiger partial charge in [0.15, 0.2) is 17.3 Å². The van der Waals surface area contributed by atoms with E-state index >= 15 is 0 Å². The van der Waals surface area contributed by atoms with Gasteiger partial charge in [-0.3, -0.25) is 4.79 Å². The van der Waals surface area contributed by atoms with Crippen LogP contribution < -0.4 is 9.47 Å². The largest absolute Gasteiger partial charge is 0.493 e. The van der Waals surface area contributed by atoms with Crippen molar-refractivity contribution in [3.63, 3.8) is 0 Å². The molecule has 3 nitrogen and oxygen atoms in total. The summed E-state index contributed by atoms with van der Waals surface area (Å²) in [6.07, 6.45) is 0.475. The molecule has 0 saturated carbocycles. The highest BCUT2D eigenvalue weighted by Gasteiger charge is 2.16. The molecule has 0 spiro atoms. The third-order valence-corrected chi connectivity index (χ3v) is 3.24. The Morgan fingerprint density at radius 3 is 2.30 bits per heavy atom. The second-order valence-electron chi connectivity index (χ2n) is 4.36. The Bertz CT molecular complexity index is 617. The van der Waals surface area contributed by atoms with E-state index in [0.717, 1.165) is 11.1 Å². The zero-order valence-electron chi connectivity index (χ0n) is 12.0. The number of Topliss-reactive ketones (excluding diaryl/α,β-unsaturated/α-hetero) is 1. The van der Waals surface area contributed by atoms with Gasteiger partial charge in [-0.1, -0.05) is 43.3 Å². The summed E-state index contributed by atoms with van der Waals surface area (Å²) in [7, 11) is 3.20. The van der Waals surface area contributed by atoms with Gasteiger partial charge in [-0.2, -0.15) is 0 Å². The Kier molecular flexibility index (Phi) is 4.41. The number of ketones is 1. The van der Waals surface area contributed by atoms with Gasteiger partial charge in [0, 0.05) is 17.5 Å². The topological polar surface area (TPSA) is 35.5 Å². The molecule has 0 heterocycles. The van der Waals surface area contributed by atoms with Crippen LogP contribution in [0, 0.1) is 0 Å². The number of para-hydroxylation sites is 1. The first kappa shape index (κ1) is 14.1. The Labute approximate surface area is 119 Å². The monoisotopic (exact) mass is 270 g/mol. The molecule has 0 aliphatic carbocycles. The quantitative estimate of drug-likeness (QED) is 0.771. The third kappa shape index (κ3) is 2.52. The number of benzene rings is 2. The van der Waals surface area contributed by atoms with Crippen molar-refractivity contribution in [1.82, 2.24) is 0 Å². The maximum atomic E-state index is 12.1. The van der Waals surface area contributed by atoms with Gasteiger partial charge in [0.05, 0.1) is 14.2 Å². The van der Waals surface area contributed by atoms with Gasteiger partial charge >= 0.3 is 0 Å². The Morgan fingerprint density at radius 1 is 0.950 bits per heavy atom. The van der Waals surface area contributed by atoms with Crippen molar-refractivity contribution >= 4 is 5.78 Å². The highest BCUT2D eigenvalue weighted by atomic mass is 16.5. The summed E-state index contributed by atoms with van der Waals surface area (Å²) in [6, 6.07) is 13.2. The first-order valence-corrected chi connectivity index (χ1v) is 6.56. The van der Waals surface area contributed by atoms with E-state index in [-0.39, 0.29) is 5.78 Å². The molecule has 0 aliphatic rings. The molecule has 0 fully saturated rings. The first-order chi connectivity index (χ1) is 9.72. The van der Waals surface area contributed by atoms with Crippen molar-refractivity contribution in [2.75, 3.05) is 14.2 Å². The second kappa shape index (κ2) is 6.24. The second-order valence-corrected chi connectivity index (χ2v) is 4.36. The number of rotatable bonds is 5. The van der Waals surface area contributed by atoms with Crippen molar-refractivity contribution in [3.05, 3.63) is 48.0 Å². The Morgan fingerprint density at radius 2 is 1.65 bits per heavy atom. The smallest absolute Gasteiger partial charge is 0.168 e. The number of hydrogen-bond acceptors (Lipinski definition) is 3. The number of methoxy groups -OCH3 is 2. The van der Waals surface area contributed by atoms with Gasteiger partial charge < -0.3 is 9.47 Å². The average molecular weight is 270 g/mol. The van der Waals surface area contributed by atoms with E-state index in [1.807, 2.05) is 49.4 Å². The molecule has 0 bridgehead atoms. The minimum absolute atomic E-state index is 0.116. The maximum absolute atomic E-state index is 12.1. The minimum atomic E-state index is 0.116. The number of carbonyl (C=O) groups is 1. The molecule has 0 atom stereocenters. The van der Waals surface area contributed by atoms with Crippen LogP contribution in [0.15, 0.2) is 42.5 Å². The molecule has 0 saturated heterocycles. The highest BCUT2D eigenvalue weighted by molar-refractivity contribution is 6.02. The van der Waals surface area contributed by atoms with Crippen LogP contribution in [0.5, 0.6) is 11.5 Å². The van der Waals surface area contributed by atoms with Gasteiger partial charge in [0.25, 0.3) is 0 Å². The summed E-state index contributed by atoms with van der Waals surface area (Å²) in [6.45, 7) is 1.86. The van der Waals surface area contributed by atoms with E-state index in [4.69, 9.17) is 9.47 Å². The molecule has 0 N–H and O–H groups in total. The van der Waals surface area contributed by atoms with Gasteiger partial charge in [-0.05, 0) is 11.6 Å². The fourth-order valence-electron chi connectivity index (χ4n) is 2.25. The number of ether oxygens (including phenoxy) is 2. The molecule has 0 amide bonds. The lowest BCUT2D eigenvalue weighted by Crippen LogP contribution is -2.01. The number of carbonyl (C=O) groups excluding carboxylic acids is 1. The zero-order chi connectivity index (χ0) is 14.5. The highest BCUT2D eigenvalue weighted by Crippen LogP contribution is 2.39. The van der Waals surface area contributed by atoms with Crippen LogP contribution in [-0.4, -0.2) is 20.0 Å². The molecule has 0 radical (unpaired) electrons. The van der Waals surface area contributed by atoms with Gasteiger partial charge in [-0.25, -0.2) is 0 Å². The summed E-state index contributed by atoms with van der Waals surface area (Å²) < 4.78 is 10.8. The van der Waals surface area contributed by atoms with Gasteiger partial charge in [0.2, 0.25) is 0 Å². The molecule has 104 valence electrons. The predicted octanol–water partition coefficient (Wildman–Crippen LogP) is 3.96. The van der Waals surface area contributed by atoms with Crippen LogP contribution in [0.3, 0.4) is 0 Å². The molecule has 0 unspecified atom stereocenters. The lowest BCUT2D eigenvalue weighted by molar-refractivity contribution is 0.0989. The minimum Gasteiger partial charge on any atom is -0.493 e. The van der Waals surface area contributed by atoms with E-state index in [9.17, 15) is 4.79 Å². The van der Waals surface area contributed by atoms with E-state index in [0.29, 0.717) is 23.5 Å². The zero-order valence-corrected chi connectivity index (χ0v) is 12.0. The molecule has 2 aromatic carbocycles. The normalized spacial score (nSPS) is 10.2. The van der Waals surface area contributed by atoms with E-state index in [1.54, 1.807) is 14.2 Å². The molecule has 2 aromatic rings. The molecule has 20 heavy (non-hydrogen) atoms. The maximum Gasteiger partial charge on any atom is 0.168 e. The van der Waals surface area contributed by atoms with Crippen LogP contribution in [0.25, 0.3) is 11.1 Å². The standard InChI is InChI=1S/C17H18O3/c1-4-15(18)13-9-6-5-8-12(13)14-10-7-11-16(19-2)17(14)20-3/h5-11H,4H2,1-3H3. The van der Waals surface area contributed by atoms with Crippen LogP contribution in [0.2, 0.25) is 0 Å². The SMILES string of the molecule is CCC(=O)c1ccccc1-c1cccc(OC)c1OC. The van der Waals surface area contributed by atoms with Gasteiger partial charge in [0.1, 0.15) is 0 Å². The summed E-state index contributed by atoms with van der Waals surface area (Å²) >= 11 is 0. The predicted molar refractivity (Wildman–Crippen MR) is 79.6 cm³/mol. The Balaban J connectivity index is 2.66. The summed E-state index contributed by atoms with van der Waals surface area (Å²) in [5, 5.41) is 0. The summed E-state index contributed by atoms with van der Waals surface area (Å²) in [5.41, 5.74) is 2.45. The molecule has 0 aliphatic heterocycles. The van der Waals surface area contributed by atoms with Crippen molar-refractivity contribution in [2.24, 2.45) is 0 Å². The van der Waals surface area contributed by atoms with Crippen molar-refractivity contribution in [2.45, 2.75) is 13.3 Å². The van der Waals surface area contributed by atoms with Crippen molar-refractivity contribution < 1.29 is 14.3 Å². The molecule has 3 heteroatoms. The van der Waals surface area contributed by atoms with E-state index in [2.05, 4.69) is 0 Å². The third-order valence-electron chi connectivity index (χ3n) is 3.24. The average Bonchev–Trinajstić information content (AvgIpc) is 2.53. The van der Waals surface area contributed by atoms with Crippen molar-refractivity contribution in [3.8, 4) is 22.6 Å². The van der Waals surface area contributed by atoms with E-state index < -0.39 is 0 Å². The van der Waals surface area contributed by atoms with Gasteiger partial charge in [-0.15, -0.1) is 0 Å². The lowest BCUT2D eigenvalue weighted by atomic mass is 9.95. The summed E-state index contributed by atoms with van der Waals surface area (Å²) in [5.74, 6) is 1.42. The lowest BCUT2D eigenvalue weighted by Gasteiger charge is -2.14. The molecular weight excluding hydrogens is 252 g/mol. The fraction of sp³-hybridized carbons (Fsp3) is 0.235. The molecule has 0 aromatic heterocycles. The molecule has 2 rings (SSSR count).